The van der Waals surface area contributed by atoms with E-state index in [0.717, 1.165) is 12.8 Å². The molecule has 0 saturated carbocycles. The Morgan fingerprint density at radius 3 is 2.59 bits per heavy atom. The van der Waals surface area contributed by atoms with Crippen LogP contribution >= 0.6 is 0 Å². The van der Waals surface area contributed by atoms with Gasteiger partial charge in [-0.25, -0.2) is 0 Å². The third kappa shape index (κ3) is 3.45. The molecule has 1 heterocycles. The molecule has 0 radical (unpaired) electrons. The second kappa shape index (κ2) is 6.03. The summed E-state index contributed by atoms with van der Waals surface area (Å²) < 4.78 is 0. The van der Waals surface area contributed by atoms with Crippen molar-refractivity contribution in [3.8, 4) is 0 Å². The Morgan fingerprint density at radius 2 is 2.06 bits per heavy atom. The summed E-state index contributed by atoms with van der Waals surface area (Å²) >= 11 is 0. The van der Waals surface area contributed by atoms with Crippen molar-refractivity contribution in [2.75, 3.05) is 6.54 Å². The number of hydrogen-bond donors (Lipinski definition) is 1. The van der Waals surface area contributed by atoms with Crippen LogP contribution in [-0.2, 0) is 9.59 Å². The lowest BCUT2D eigenvalue weighted by Crippen LogP contribution is -2.39. The molecule has 0 aromatic heterocycles. The molecule has 0 aliphatic carbocycles. The van der Waals surface area contributed by atoms with Gasteiger partial charge >= 0.3 is 0 Å². The van der Waals surface area contributed by atoms with Gasteiger partial charge in [0.05, 0.1) is 5.92 Å². The second-order valence-corrected chi connectivity index (χ2v) is 5.02. The minimum Gasteiger partial charge on any atom is -0.353 e. The predicted octanol–water partition coefficient (Wildman–Crippen LogP) is 1.55. The van der Waals surface area contributed by atoms with E-state index in [4.69, 9.17) is 0 Å². The number of amides is 2. The van der Waals surface area contributed by atoms with Gasteiger partial charge in [-0.15, -0.1) is 0 Å². The molecule has 0 aromatic carbocycles. The van der Waals surface area contributed by atoms with Crippen molar-refractivity contribution in [3.63, 3.8) is 0 Å². The van der Waals surface area contributed by atoms with Crippen LogP contribution in [0.25, 0.3) is 0 Å². The summed E-state index contributed by atoms with van der Waals surface area (Å²) in [6, 6.07) is 0.430. The molecule has 0 bridgehead atoms. The van der Waals surface area contributed by atoms with Crippen LogP contribution in [0.3, 0.4) is 0 Å². The maximum Gasteiger partial charge on any atom is 0.225 e. The highest BCUT2D eigenvalue weighted by atomic mass is 16.2. The lowest BCUT2D eigenvalue weighted by Gasteiger charge is -2.23. The zero-order chi connectivity index (χ0) is 13.0. The van der Waals surface area contributed by atoms with Gasteiger partial charge in [0.25, 0.3) is 0 Å². The summed E-state index contributed by atoms with van der Waals surface area (Å²) in [6.07, 6.45) is 2.22. The average molecular weight is 240 g/mol. The molecule has 3 atom stereocenters. The van der Waals surface area contributed by atoms with Gasteiger partial charge in [-0.2, -0.15) is 0 Å². The second-order valence-electron chi connectivity index (χ2n) is 5.02. The van der Waals surface area contributed by atoms with Gasteiger partial charge in [0, 0.05) is 25.0 Å². The first-order valence-electron chi connectivity index (χ1n) is 6.59. The Kier molecular flexibility index (Phi) is 4.97. The van der Waals surface area contributed by atoms with Gasteiger partial charge in [0.1, 0.15) is 0 Å². The molecule has 4 heteroatoms. The fraction of sp³-hybridized carbons (Fsp3) is 0.846. The first kappa shape index (κ1) is 14.0. The van der Waals surface area contributed by atoms with Gasteiger partial charge in [-0.05, 0) is 26.7 Å². The third-order valence-electron chi connectivity index (χ3n) is 3.65. The lowest BCUT2D eigenvalue weighted by molar-refractivity contribution is -0.130. The van der Waals surface area contributed by atoms with Gasteiger partial charge in [-0.1, -0.05) is 13.8 Å². The van der Waals surface area contributed by atoms with Gasteiger partial charge in [0.15, 0.2) is 0 Å². The molecule has 1 rings (SSSR count). The zero-order valence-corrected chi connectivity index (χ0v) is 11.3. The first-order valence-corrected chi connectivity index (χ1v) is 6.59. The molecule has 2 amide bonds. The van der Waals surface area contributed by atoms with E-state index in [9.17, 15) is 9.59 Å². The van der Waals surface area contributed by atoms with Crippen LogP contribution in [0.5, 0.6) is 0 Å². The molecule has 17 heavy (non-hydrogen) atoms. The number of hydrogen-bond acceptors (Lipinski definition) is 2. The van der Waals surface area contributed by atoms with E-state index in [1.165, 1.54) is 0 Å². The maximum atomic E-state index is 11.9. The van der Waals surface area contributed by atoms with Crippen molar-refractivity contribution in [2.45, 2.75) is 59.0 Å². The quantitative estimate of drug-likeness (QED) is 0.792. The zero-order valence-electron chi connectivity index (χ0n) is 11.3. The highest BCUT2D eigenvalue weighted by Gasteiger charge is 2.36. The Balaban J connectivity index is 2.53. The standard InChI is InChI=1S/C13H24N2O2/c1-5-9(3)14-13(17)11-7-12(16)15(8-11)10(4)6-2/h9-11H,5-8H2,1-4H3,(H,14,17). The van der Waals surface area contributed by atoms with Crippen LogP contribution < -0.4 is 5.32 Å². The van der Waals surface area contributed by atoms with Crippen molar-refractivity contribution in [2.24, 2.45) is 5.92 Å². The van der Waals surface area contributed by atoms with E-state index in [1.54, 1.807) is 0 Å². The van der Waals surface area contributed by atoms with Crippen molar-refractivity contribution in [3.05, 3.63) is 0 Å². The van der Waals surface area contributed by atoms with Crippen LogP contribution in [0.4, 0.5) is 0 Å². The number of likely N-dealkylation sites (tertiary alicyclic amines) is 1. The number of carbonyl (C=O) groups is 2. The van der Waals surface area contributed by atoms with Gasteiger partial charge in [0.2, 0.25) is 11.8 Å². The number of carbonyl (C=O) groups excluding carboxylic acids is 2. The summed E-state index contributed by atoms with van der Waals surface area (Å²) in [6.45, 7) is 8.70. The van der Waals surface area contributed by atoms with Crippen LogP contribution in [0.1, 0.15) is 47.0 Å². The van der Waals surface area contributed by atoms with Crippen LogP contribution in [0.15, 0.2) is 0 Å². The van der Waals surface area contributed by atoms with Crippen molar-refractivity contribution in [1.82, 2.24) is 10.2 Å². The molecule has 1 N–H and O–H groups in total. The summed E-state index contributed by atoms with van der Waals surface area (Å²) in [5, 5.41) is 2.95. The van der Waals surface area contributed by atoms with E-state index < -0.39 is 0 Å². The van der Waals surface area contributed by atoms with Crippen molar-refractivity contribution in [1.29, 1.82) is 0 Å². The van der Waals surface area contributed by atoms with Crippen molar-refractivity contribution < 1.29 is 9.59 Å². The molecule has 1 saturated heterocycles. The van der Waals surface area contributed by atoms with E-state index in [1.807, 2.05) is 25.7 Å². The Morgan fingerprint density at radius 1 is 1.41 bits per heavy atom. The Hall–Kier alpha value is -1.06. The van der Waals surface area contributed by atoms with Crippen LogP contribution in [0.2, 0.25) is 0 Å². The highest BCUT2D eigenvalue weighted by molar-refractivity contribution is 5.89. The normalized spacial score (nSPS) is 23.6. The highest BCUT2D eigenvalue weighted by Crippen LogP contribution is 2.21. The predicted molar refractivity (Wildman–Crippen MR) is 67.5 cm³/mol. The number of rotatable bonds is 5. The smallest absolute Gasteiger partial charge is 0.225 e. The number of nitrogens with one attached hydrogen (secondary N) is 1. The van der Waals surface area contributed by atoms with E-state index in [2.05, 4.69) is 12.2 Å². The lowest BCUT2D eigenvalue weighted by atomic mass is 10.1. The molecule has 4 nitrogen and oxygen atoms in total. The molecule has 3 unspecified atom stereocenters. The van der Waals surface area contributed by atoms with E-state index in [0.29, 0.717) is 13.0 Å². The molecule has 0 spiro atoms. The van der Waals surface area contributed by atoms with Crippen LogP contribution in [0, 0.1) is 5.92 Å². The fourth-order valence-corrected chi connectivity index (χ4v) is 2.02. The van der Waals surface area contributed by atoms with Gasteiger partial charge in [-0.3, -0.25) is 9.59 Å². The van der Waals surface area contributed by atoms with Crippen LogP contribution in [-0.4, -0.2) is 35.3 Å². The summed E-state index contributed by atoms with van der Waals surface area (Å²) in [4.78, 5) is 25.6. The fourth-order valence-electron chi connectivity index (χ4n) is 2.02. The molecule has 1 aliphatic heterocycles. The van der Waals surface area contributed by atoms with E-state index >= 15 is 0 Å². The maximum absolute atomic E-state index is 11.9. The largest absolute Gasteiger partial charge is 0.353 e. The molecule has 1 fully saturated rings. The molecule has 0 aromatic rings. The molecule has 98 valence electrons. The molecular weight excluding hydrogens is 216 g/mol. The summed E-state index contributed by atoms with van der Waals surface area (Å²) in [5.74, 6) is -0.0207. The number of nitrogens with zero attached hydrogens (tertiary/aromatic N) is 1. The average Bonchev–Trinajstić information content (AvgIpc) is 2.70. The monoisotopic (exact) mass is 240 g/mol. The van der Waals surface area contributed by atoms with Crippen molar-refractivity contribution >= 4 is 11.8 Å². The summed E-state index contributed by atoms with van der Waals surface area (Å²) in [5.41, 5.74) is 0. The third-order valence-corrected chi connectivity index (χ3v) is 3.65. The Bertz CT molecular complexity index is 291. The minimum atomic E-state index is -0.162. The molecule has 1 aliphatic rings. The summed E-state index contributed by atoms with van der Waals surface area (Å²) in [7, 11) is 0. The minimum absolute atomic E-state index is 0.0264. The topological polar surface area (TPSA) is 49.4 Å². The van der Waals surface area contributed by atoms with Gasteiger partial charge < -0.3 is 10.2 Å². The van der Waals surface area contributed by atoms with E-state index in [-0.39, 0.29) is 29.8 Å². The first-order chi connectivity index (χ1) is 7.99. The SMILES string of the molecule is CCC(C)NC(=O)C1CC(=O)N(C(C)CC)C1. The Labute approximate surface area is 104 Å². The molecular formula is C13H24N2O2.